The van der Waals surface area contributed by atoms with Crippen LogP contribution in [-0.4, -0.2) is 11.6 Å². The molecule has 1 aliphatic heterocycles. The highest BCUT2D eigenvalue weighted by Gasteiger charge is 2.37. The van der Waals surface area contributed by atoms with Gasteiger partial charge in [-0.05, 0) is 19.3 Å². The van der Waals surface area contributed by atoms with E-state index in [-0.39, 0.29) is 17.5 Å². The highest BCUT2D eigenvalue weighted by molar-refractivity contribution is 6.15. The Kier molecular flexibility index (Phi) is 3.23. The normalized spacial score (nSPS) is 22.6. The van der Waals surface area contributed by atoms with E-state index in [1.807, 2.05) is 0 Å². The largest absolute Gasteiger partial charge is 0.272 e. The van der Waals surface area contributed by atoms with Crippen LogP contribution in [0.3, 0.4) is 0 Å². The van der Waals surface area contributed by atoms with Crippen molar-refractivity contribution in [2.24, 2.45) is 11.0 Å². The van der Waals surface area contributed by atoms with E-state index in [9.17, 15) is 18.0 Å². The van der Waals surface area contributed by atoms with E-state index in [0.29, 0.717) is 6.42 Å². The second kappa shape index (κ2) is 4.92. The Labute approximate surface area is 114 Å². The second-order valence-electron chi connectivity index (χ2n) is 5.12. The lowest BCUT2D eigenvalue weighted by Crippen LogP contribution is -2.27. The Morgan fingerprint density at radius 1 is 1.10 bits per heavy atom. The number of rotatable bonds is 1. The van der Waals surface area contributed by atoms with Gasteiger partial charge in [-0.25, -0.2) is 18.2 Å². The monoisotopic (exact) mass is 282 g/mol. The SMILES string of the molecule is O=C1C2CCCCCC2=NN1c1cc(F)c(F)c(F)c1. The quantitative estimate of drug-likeness (QED) is 0.727. The van der Waals surface area contributed by atoms with E-state index < -0.39 is 17.5 Å². The maximum atomic E-state index is 13.3. The molecule has 3 nitrogen and oxygen atoms in total. The van der Waals surface area contributed by atoms with Crippen LogP contribution in [0.1, 0.15) is 32.1 Å². The van der Waals surface area contributed by atoms with E-state index >= 15 is 0 Å². The molecule has 0 bridgehead atoms. The van der Waals surface area contributed by atoms with Crippen molar-refractivity contribution >= 4 is 17.3 Å². The summed E-state index contributed by atoms with van der Waals surface area (Å²) in [5.74, 6) is -4.76. The first-order valence-corrected chi connectivity index (χ1v) is 6.64. The van der Waals surface area contributed by atoms with Gasteiger partial charge in [-0.3, -0.25) is 4.79 Å². The Hall–Kier alpha value is -1.85. The summed E-state index contributed by atoms with van der Waals surface area (Å²) in [5, 5.41) is 5.17. The van der Waals surface area contributed by atoms with Crippen LogP contribution >= 0.6 is 0 Å². The predicted molar refractivity (Wildman–Crippen MR) is 67.8 cm³/mol. The molecule has 1 amide bonds. The van der Waals surface area contributed by atoms with E-state index in [1.54, 1.807) is 0 Å². The minimum Gasteiger partial charge on any atom is -0.272 e. The number of hydrogen-bond donors (Lipinski definition) is 0. The fourth-order valence-corrected chi connectivity index (χ4v) is 2.73. The average Bonchev–Trinajstić information content (AvgIpc) is 2.62. The summed E-state index contributed by atoms with van der Waals surface area (Å²) in [6, 6.07) is 1.59. The number of nitrogens with zero attached hydrogens (tertiary/aromatic N) is 2. The maximum absolute atomic E-state index is 13.3. The van der Waals surface area contributed by atoms with Gasteiger partial charge in [0.25, 0.3) is 5.91 Å². The average molecular weight is 282 g/mol. The molecule has 1 aliphatic carbocycles. The van der Waals surface area contributed by atoms with Gasteiger partial charge in [-0.1, -0.05) is 12.8 Å². The molecule has 106 valence electrons. The molecule has 0 aromatic heterocycles. The third-order valence-electron chi connectivity index (χ3n) is 3.78. The fourth-order valence-electron chi connectivity index (χ4n) is 2.73. The highest BCUT2D eigenvalue weighted by atomic mass is 19.2. The molecule has 20 heavy (non-hydrogen) atoms. The predicted octanol–water partition coefficient (Wildman–Crippen LogP) is 3.39. The molecule has 1 aromatic carbocycles. The molecule has 0 saturated heterocycles. The van der Waals surface area contributed by atoms with Gasteiger partial charge in [0.05, 0.1) is 17.3 Å². The van der Waals surface area contributed by atoms with Crippen molar-refractivity contribution in [3.05, 3.63) is 29.6 Å². The number of anilines is 1. The van der Waals surface area contributed by atoms with Crippen molar-refractivity contribution in [3.8, 4) is 0 Å². The van der Waals surface area contributed by atoms with Gasteiger partial charge in [0.15, 0.2) is 17.5 Å². The van der Waals surface area contributed by atoms with Crippen molar-refractivity contribution in [1.29, 1.82) is 0 Å². The molecule has 0 N–H and O–H groups in total. The van der Waals surface area contributed by atoms with Gasteiger partial charge in [0.1, 0.15) is 0 Å². The highest BCUT2D eigenvalue weighted by Crippen LogP contribution is 2.32. The van der Waals surface area contributed by atoms with Crippen LogP contribution in [0.2, 0.25) is 0 Å². The lowest BCUT2D eigenvalue weighted by Gasteiger charge is -2.14. The Morgan fingerprint density at radius 2 is 1.80 bits per heavy atom. The van der Waals surface area contributed by atoms with Crippen LogP contribution in [0, 0.1) is 23.4 Å². The number of hydrogen-bond acceptors (Lipinski definition) is 2. The topological polar surface area (TPSA) is 32.7 Å². The Bertz CT molecular complexity index is 577. The first-order chi connectivity index (χ1) is 9.58. The molecule has 0 spiro atoms. The summed E-state index contributed by atoms with van der Waals surface area (Å²) >= 11 is 0. The van der Waals surface area contributed by atoms with E-state index in [4.69, 9.17) is 0 Å². The third-order valence-corrected chi connectivity index (χ3v) is 3.78. The number of benzene rings is 1. The first-order valence-electron chi connectivity index (χ1n) is 6.64. The van der Waals surface area contributed by atoms with Gasteiger partial charge in [-0.15, -0.1) is 0 Å². The van der Waals surface area contributed by atoms with Crippen LogP contribution in [-0.2, 0) is 4.79 Å². The summed E-state index contributed by atoms with van der Waals surface area (Å²) in [6.07, 6.45) is 4.39. The molecular formula is C14H13F3N2O. The van der Waals surface area contributed by atoms with E-state index in [0.717, 1.165) is 48.5 Å². The maximum Gasteiger partial charge on any atom is 0.256 e. The summed E-state index contributed by atoms with van der Waals surface area (Å²) < 4.78 is 39.5. The van der Waals surface area contributed by atoms with Crippen LogP contribution in [0.15, 0.2) is 17.2 Å². The minimum absolute atomic E-state index is 0.0630. The summed E-state index contributed by atoms with van der Waals surface area (Å²) in [6.45, 7) is 0. The lowest BCUT2D eigenvalue weighted by atomic mass is 9.98. The van der Waals surface area contributed by atoms with Crippen LogP contribution < -0.4 is 5.01 Å². The zero-order chi connectivity index (χ0) is 14.3. The minimum atomic E-state index is -1.54. The van der Waals surface area contributed by atoms with Crippen molar-refractivity contribution in [3.63, 3.8) is 0 Å². The number of carbonyl (C=O) groups is 1. The number of hydrazone groups is 1. The molecular weight excluding hydrogens is 269 g/mol. The van der Waals surface area contributed by atoms with Crippen molar-refractivity contribution in [2.45, 2.75) is 32.1 Å². The molecule has 3 rings (SSSR count). The number of halogens is 3. The fraction of sp³-hybridized carbons (Fsp3) is 0.429. The first kappa shape index (κ1) is 13.1. The smallest absolute Gasteiger partial charge is 0.256 e. The standard InChI is InChI=1S/C14H13F3N2O/c15-10-6-8(7-11(16)13(10)17)19-14(20)9-4-2-1-3-5-12(9)18-19/h6-7,9H,1-5H2. The zero-order valence-corrected chi connectivity index (χ0v) is 10.7. The molecule has 0 radical (unpaired) electrons. The number of carbonyl (C=O) groups excluding carboxylic acids is 1. The Balaban J connectivity index is 1.97. The van der Waals surface area contributed by atoms with Gasteiger partial charge in [0.2, 0.25) is 0 Å². The van der Waals surface area contributed by atoms with Crippen LogP contribution in [0.5, 0.6) is 0 Å². The molecule has 2 aliphatic rings. The molecule has 1 fully saturated rings. The summed E-state index contributed by atoms with van der Waals surface area (Å²) in [7, 11) is 0. The van der Waals surface area contributed by atoms with Gasteiger partial charge >= 0.3 is 0 Å². The van der Waals surface area contributed by atoms with Crippen molar-refractivity contribution in [1.82, 2.24) is 0 Å². The number of amides is 1. The second-order valence-corrected chi connectivity index (χ2v) is 5.12. The van der Waals surface area contributed by atoms with E-state index in [2.05, 4.69) is 5.10 Å². The molecule has 1 atom stereocenters. The van der Waals surface area contributed by atoms with Crippen molar-refractivity contribution < 1.29 is 18.0 Å². The van der Waals surface area contributed by atoms with Gasteiger partial charge in [-0.2, -0.15) is 5.10 Å². The van der Waals surface area contributed by atoms with Crippen LogP contribution in [0.4, 0.5) is 18.9 Å². The molecule has 1 unspecified atom stereocenters. The lowest BCUT2D eigenvalue weighted by molar-refractivity contribution is -0.119. The zero-order valence-electron chi connectivity index (χ0n) is 10.7. The molecule has 1 heterocycles. The van der Waals surface area contributed by atoms with E-state index in [1.165, 1.54) is 0 Å². The summed E-state index contributed by atoms with van der Waals surface area (Å²) in [5.41, 5.74) is 0.699. The Morgan fingerprint density at radius 3 is 2.50 bits per heavy atom. The molecule has 1 saturated carbocycles. The number of fused-ring (bicyclic) bond motifs is 1. The van der Waals surface area contributed by atoms with Gasteiger partial charge in [0, 0.05) is 12.1 Å². The summed E-state index contributed by atoms with van der Waals surface area (Å²) in [4.78, 5) is 12.3. The van der Waals surface area contributed by atoms with Crippen molar-refractivity contribution in [2.75, 3.05) is 5.01 Å². The van der Waals surface area contributed by atoms with Crippen LogP contribution in [0.25, 0.3) is 0 Å². The van der Waals surface area contributed by atoms with Gasteiger partial charge < -0.3 is 0 Å². The molecule has 6 heteroatoms. The molecule has 1 aromatic rings. The third kappa shape index (κ3) is 2.09.